The van der Waals surface area contributed by atoms with Crippen LogP contribution in [0.4, 0.5) is 4.79 Å². The van der Waals surface area contributed by atoms with Crippen molar-refractivity contribution < 1.29 is 14.3 Å². The fraction of sp³-hybridized carbons (Fsp3) is 0.474. The van der Waals surface area contributed by atoms with E-state index < -0.39 is 5.60 Å². The van der Waals surface area contributed by atoms with Gasteiger partial charge in [-0.3, -0.25) is 0 Å². The SMILES string of the molecule is CN(C(=O)OC(C)(C)C)C1COc2c(SCc3ccccc3)cnn2C1. The number of likely N-dealkylation sites (N-methyl/N-ethyl adjacent to an activating group) is 1. The number of carbonyl (C=O) groups is 1. The van der Waals surface area contributed by atoms with Gasteiger partial charge in [0.15, 0.2) is 0 Å². The maximum Gasteiger partial charge on any atom is 0.410 e. The number of hydrogen-bond acceptors (Lipinski definition) is 5. The van der Waals surface area contributed by atoms with Gasteiger partial charge in [-0.15, -0.1) is 11.8 Å². The Morgan fingerprint density at radius 2 is 2.12 bits per heavy atom. The van der Waals surface area contributed by atoms with E-state index in [0.29, 0.717) is 13.2 Å². The van der Waals surface area contributed by atoms with Crippen LogP contribution < -0.4 is 4.74 Å². The van der Waals surface area contributed by atoms with Crippen molar-refractivity contribution in [1.29, 1.82) is 0 Å². The van der Waals surface area contributed by atoms with Gasteiger partial charge in [-0.2, -0.15) is 5.10 Å². The number of carbonyl (C=O) groups excluding carboxylic acids is 1. The molecule has 0 saturated heterocycles. The third-order valence-electron chi connectivity index (χ3n) is 4.02. The molecule has 1 amide bonds. The summed E-state index contributed by atoms with van der Waals surface area (Å²) in [7, 11) is 1.74. The molecule has 1 aromatic heterocycles. The number of rotatable bonds is 4. The highest BCUT2D eigenvalue weighted by Gasteiger charge is 2.31. The van der Waals surface area contributed by atoms with Crippen molar-refractivity contribution in [3.63, 3.8) is 0 Å². The van der Waals surface area contributed by atoms with Crippen LogP contribution >= 0.6 is 11.8 Å². The zero-order valence-corrected chi connectivity index (χ0v) is 16.5. The first-order chi connectivity index (χ1) is 12.3. The first-order valence-electron chi connectivity index (χ1n) is 8.64. The van der Waals surface area contributed by atoms with E-state index in [1.165, 1.54) is 5.56 Å². The van der Waals surface area contributed by atoms with Crippen molar-refractivity contribution in [1.82, 2.24) is 14.7 Å². The van der Waals surface area contributed by atoms with Crippen LogP contribution in [0.5, 0.6) is 5.88 Å². The highest BCUT2D eigenvalue weighted by molar-refractivity contribution is 7.98. The van der Waals surface area contributed by atoms with Gasteiger partial charge in [-0.25, -0.2) is 9.48 Å². The van der Waals surface area contributed by atoms with E-state index in [2.05, 4.69) is 17.2 Å². The lowest BCUT2D eigenvalue weighted by Crippen LogP contribution is -2.47. The van der Waals surface area contributed by atoms with E-state index in [4.69, 9.17) is 9.47 Å². The molecule has 26 heavy (non-hydrogen) atoms. The van der Waals surface area contributed by atoms with Crippen molar-refractivity contribution in [2.45, 2.75) is 49.6 Å². The summed E-state index contributed by atoms with van der Waals surface area (Å²) in [5, 5.41) is 4.43. The molecule has 3 rings (SSSR count). The van der Waals surface area contributed by atoms with Crippen molar-refractivity contribution >= 4 is 17.9 Å². The normalized spacial score (nSPS) is 16.5. The summed E-state index contributed by atoms with van der Waals surface area (Å²) in [6.07, 6.45) is 1.49. The zero-order chi connectivity index (χ0) is 18.7. The Bertz CT molecular complexity index is 755. The van der Waals surface area contributed by atoms with Gasteiger partial charge in [0.2, 0.25) is 5.88 Å². The standard InChI is InChI=1S/C19H25N3O3S/c1-19(2,3)25-18(23)21(4)15-11-22-17(24-12-15)16(10-20-22)26-13-14-8-6-5-7-9-14/h5-10,15H,11-13H2,1-4H3. The second-order valence-corrected chi connectivity index (χ2v) is 8.34. The maximum absolute atomic E-state index is 12.2. The number of benzene rings is 1. The predicted octanol–water partition coefficient (Wildman–Crippen LogP) is 3.80. The summed E-state index contributed by atoms with van der Waals surface area (Å²) in [4.78, 5) is 14.9. The lowest BCUT2D eigenvalue weighted by Gasteiger charge is -2.33. The first kappa shape index (κ1) is 18.6. The summed E-state index contributed by atoms with van der Waals surface area (Å²) in [5.74, 6) is 1.64. The molecule has 2 aromatic rings. The van der Waals surface area contributed by atoms with Crippen LogP contribution in [0.3, 0.4) is 0 Å². The second kappa shape index (κ2) is 7.61. The minimum absolute atomic E-state index is 0.107. The molecule has 1 unspecified atom stereocenters. The average molecular weight is 375 g/mol. The molecule has 0 aliphatic carbocycles. The fourth-order valence-electron chi connectivity index (χ4n) is 2.61. The van der Waals surface area contributed by atoms with Gasteiger partial charge in [-0.05, 0) is 26.3 Å². The van der Waals surface area contributed by atoms with E-state index in [9.17, 15) is 4.79 Å². The summed E-state index contributed by atoms with van der Waals surface area (Å²) < 4.78 is 13.2. The molecule has 2 heterocycles. The fourth-order valence-corrected chi connectivity index (χ4v) is 3.54. The van der Waals surface area contributed by atoms with E-state index in [1.807, 2.05) is 49.8 Å². The van der Waals surface area contributed by atoms with E-state index in [-0.39, 0.29) is 12.1 Å². The van der Waals surface area contributed by atoms with Crippen LogP contribution in [-0.2, 0) is 17.0 Å². The van der Waals surface area contributed by atoms with Crippen LogP contribution in [0.1, 0.15) is 26.3 Å². The van der Waals surface area contributed by atoms with E-state index >= 15 is 0 Å². The predicted molar refractivity (Wildman–Crippen MR) is 102 cm³/mol. The number of ether oxygens (including phenoxy) is 2. The molecule has 7 heteroatoms. The van der Waals surface area contributed by atoms with Crippen LogP contribution in [0, 0.1) is 0 Å². The van der Waals surface area contributed by atoms with Gasteiger partial charge >= 0.3 is 6.09 Å². The molecular formula is C19H25N3O3S. The van der Waals surface area contributed by atoms with Crippen molar-refractivity contribution in [3.8, 4) is 5.88 Å². The van der Waals surface area contributed by atoms with Gasteiger partial charge in [0.25, 0.3) is 0 Å². The van der Waals surface area contributed by atoms with Crippen molar-refractivity contribution in [3.05, 3.63) is 42.1 Å². The monoisotopic (exact) mass is 375 g/mol. The largest absolute Gasteiger partial charge is 0.475 e. The first-order valence-corrected chi connectivity index (χ1v) is 9.63. The lowest BCUT2D eigenvalue weighted by molar-refractivity contribution is 0.0102. The van der Waals surface area contributed by atoms with Gasteiger partial charge in [0.05, 0.1) is 23.7 Å². The molecule has 140 valence electrons. The molecule has 0 fully saturated rings. The summed E-state index contributed by atoms with van der Waals surface area (Å²) in [6, 6.07) is 10.2. The molecule has 0 N–H and O–H groups in total. The lowest BCUT2D eigenvalue weighted by atomic mass is 10.2. The number of nitrogens with zero attached hydrogens (tertiary/aromatic N) is 3. The van der Waals surface area contributed by atoms with E-state index in [1.54, 1.807) is 23.7 Å². The number of hydrogen-bond donors (Lipinski definition) is 0. The summed E-state index contributed by atoms with van der Waals surface area (Å²) in [6.45, 7) is 6.60. The Labute approximate surface area is 158 Å². The Morgan fingerprint density at radius 1 is 1.38 bits per heavy atom. The molecule has 0 radical (unpaired) electrons. The second-order valence-electron chi connectivity index (χ2n) is 7.33. The third kappa shape index (κ3) is 4.52. The molecule has 1 aliphatic heterocycles. The minimum Gasteiger partial charge on any atom is -0.475 e. The van der Waals surface area contributed by atoms with Gasteiger partial charge in [-0.1, -0.05) is 30.3 Å². The molecule has 1 aromatic carbocycles. The molecular weight excluding hydrogens is 350 g/mol. The van der Waals surface area contributed by atoms with Crippen LogP contribution in [0.25, 0.3) is 0 Å². The Morgan fingerprint density at radius 3 is 2.81 bits per heavy atom. The van der Waals surface area contributed by atoms with Crippen LogP contribution in [-0.4, -0.2) is 46.1 Å². The quantitative estimate of drug-likeness (QED) is 0.761. The van der Waals surface area contributed by atoms with Crippen molar-refractivity contribution in [2.24, 2.45) is 0 Å². The summed E-state index contributed by atoms with van der Waals surface area (Å²) in [5.41, 5.74) is 0.745. The van der Waals surface area contributed by atoms with Crippen molar-refractivity contribution in [2.75, 3.05) is 13.7 Å². The third-order valence-corrected chi connectivity index (χ3v) is 5.09. The molecule has 0 saturated carbocycles. The highest BCUT2D eigenvalue weighted by Crippen LogP contribution is 2.34. The van der Waals surface area contributed by atoms with Gasteiger partial charge in [0.1, 0.15) is 12.2 Å². The Kier molecular flexibility index (Phi) is 5.46. The summed E-state index contributed by atoms with van der Waals surface area (Å²) >= 11 is 1.71. The minimum atomic E-state index is -0.515. The Balaban J connectivity index is 1.61. The van der Waals surface area contributed by atoms with Crippen LogP contribution in [0.2, 0.25) is 0 Å². The molecule has 1 atom stereocenters. The highest BCUT2D eigenvalue weighted by atomic mass is 32.2. The average Bonchev–Trinajstić information content (AvgIpc) is 3.01. The van der Waals surface area contributed by atoms with E-state index in [0.717, 1.165) is 16.5 Å². The van der Waals surface area contributed by atoms with Gasteiger partial charge in [0, 0.05) is 12.8 Å². The Hall–Kier alpha value is -2.15. The van der Waals surface area contributed by atoms with Crippen LogP contribution in [0.15, 0.2) is 41.4 Å². The molecule has 6 nitrogen and oxygen atoms in total. The number of thioether (sulfide) groups is 1. The molecule has 0 spiro atoms. The topological polar surface area (TPSA) is 56.6 Å². The maximum atomic E-state index is 12.2. The number of aromatic nitrogens is 2. The smallest absolute Gasteiger partial charge is 0.410 e. The zero-order valence-electron chi connectivity index (χ0n) is 15.6. The van der Waals surface area contributed by atoms with Gasteiger partial charge < -0.3 is 14.4 Å². The molecule has 1 aliphatic rings. The number of fused-ring (bicyclic) bond motifs is 1. The molecule has 0 bridgehead atoms. The number of amides is 1.